The minimum absolute atomic E-state index is 0.0789. The Bertz CT molecular complexity index is 608. The fourth-order valence-electron chi connectivity index (χ4n) is 1.26. The first kappa shape index (κ1) is 15.9. The molecule has 19 heavy (non-hydrogen) atoms. The lowest BCUT2D eigenvalue weighted by molar-refractivity contribution is 0.163. The Kier molecular flexibility index (Phi) is 5.29. The molecule has 7 nitrogen and oxygen atoms in total. The monoisotopic (exact) mass is 308 g/mol. The van der Waals surface area contributed by atoms with Gasteiger partial charge in [0.15, 0.2) is 0 Å². The van der Waals surface area contributed by atoms with Crippen molar-refractivity contribution in [2.24, 2.45) is 5.14 Å². The molecular weight excluding hydrogens is 292 g/mol. The lowest BCUT2D eigenvalue weighted by Gasteiger charge is -2.08. The third-order valence-corrected chi connectivity index (χ3v) is 4.34. The van der Waals surface area contributed by atoms with E-state index in [1.807, 2.05) is 0 Å². The van der Waals surface area contributed by atoms with E-state index in [1.165, 1.54) is 24.3 Å². The molecule has 0 bridgehead atoms. The van der Waals surface area contributed by atoms with Crippen LogP contribution in [0.4, 0.5) is 5.69 Å². The summed E-state index contributed by atoms with van der Waals surface area (Å²) in [6, 6.07) is 5.13. The molecule has 0 aliphatic heterocycles. The highest BCUT2D eigenvalue weighted by Crippen LogP contribution is 2.14. The van der Waals surface area contributed by atoms with Crippen LogP contribution in [0, 0.1) is 0 Å². The Hall–Kier alpha value is -1.16. The molecule has 1 rings (SSSR count). The van der Waals surface area contributed by atoms with E-state index in [4.69, 9.17) is 9.88 Å². The van der Waals surface area contributed by atoms with Crippen molar-refractivity contribution in [3.63, 3.8) is 0 Å². The summed E-state index contributed by atoms with van der Waals surface area (Å²) < 4.78 is 52.6. The van der Waals surface area contributed by atoms with Crippen molar-refractivity contribution in [3.05, 3.63) is 24.3 Å². The Morgan fingerprint density at radius 3 is 2.21 bits per heavy atom. The van der Waals surface area contributed by atoms with E-state index >= 15 is 0 Å². The molecule has 3 N–H and O–H groups in total. The Morgan fingerprint density at radius 1 is 1.16 bits per heavy atom. The first-order valence-corrected chi connectivity index (χ1v) is 8.65. The molecule has 9 heteroatoms. The second kappa shape index (κ2) is 6.33. The average molecular weight is 308 g/mol. The summed E-state index contributed by atoms with van der Waals surface area (Å²) in [6.07, 6.45) is 0. The van der Waals surface area contributed by atoms with E-state index in [0.29, 0.717) is 6.61 Å². The Balaban J connectivity index is 2.73. The molecule has 0 heterocycles. The smallest absolute Gasteiger partial charge is 0.238 e. The van der Waals surface area contributed by atoms with Crippen LogP contribution < -0.4 is 9.86 Å². The number of sulfonamides is 2. The van der Waals surface area contributed by atoms with Crippen LogP contribution in [0.25, 0.3) is 0 Å². The Morgan fingerprint density at radius 2 is 1.74 bits per heavy atom. The van der Waals surface area contributed by atoms with Crippen LogP contribution >= 0.6 is 0 Å². The maximum Gasteiger partial charge on any atom is 0.238 e. The molecule has 0 spiro atoms. The number of benzene rings is 1. The third kappa shape index (κ3) is 5.55. The SMILES string of the molecule is CCOCCS(=O)(=O)Nc1ccc(S(N)(=O)=O)cc1. The molecule has 0 amide bonds. The number of rotatable bonds is 7. The third-order valence-electron chi connectivity index (χ3n) is 2.16. The highest BCUT2D eigenvalue weighted by molar-refractivity contribution is 7.92. The van der Waals surface area contributed by atoms with Gasteiger partial charge in [-0.25, -0.2) is 22.0 Å². The molecule has 1 aromatic carbocycles. The van der Waals surface area contributed by atoms with Crippen molar-refractivity contribution in [2.45, 2.75) is 11.8 Å². The van der Waals surface area contributed by atoms with Gasteiger partial charge < -0.3 is 4.74 Å². The molecule has 0 aliphatic carbocycles. The van der Waals surface area contributed by atoms with Crippen LogP contribution in [0.1, 0.15) is 6.92 Å². The number of anilines is 1. The quantitative estimate of drug-likeness (QED) is 0.694. The van der Waals surface area contributed by atoms with Gasteiger partial charge in [0.1, 0.15) is 0 Å². The van der Waals surface area contributed by atoms with E-state index in [0.717, 1.165) is 0 Å². The second-order valence-electron chi connectivity index (χ2n) is 3.69. The molecule has 0 saturated heterocycles. The van der Waals surface area contributed by atoms with Crippen molar-refractivity contribution >= 4 is 25.7 Å². The lowest BCUT2D eigenvalue weighted by atomic mass is 10.3. The fraction of sp³-hybridized carbons (Fsp3) is 0.400. The predicted molar refractivity (Wildman–Crippen MR) is 71.7 cm³/mol. The number of hydrogen-bond acceptors (Lipinski definition) is 5. The summed E-state index contributed by atoms with van der Waals surface area (Å²) in [4.78, 5) is -0.0789. The maximum absolute atomic E-state index is 11.6. The van der Waals surface area contributed by atoms with Crippen LogP contribution in [0.5, 0.6) is 0 Å². The molecule has 0 atom stereocenters. The van der Waals surface area contributed by atoms with Gasteiger partial charge in [0.05, 0.1) is 17.3 Å². The van der Waals surface area contributed by atoms with Crippen molar-refractivity contribution < 1.29 is 21.6 Å². The molecule has 0 radical (unpaired) electrons. The number of primary sulfonamides is 1. The molecule has 0 fully saturated rings. The van der Waals surface area contributed by atoms with Crippen LogP contribution in [-0.2, 0) is 24.8 Å². The van der Waals surface area contributed by atoms with E-state index in [9.17, 15) is 16.8 Å². The lowest BCUT2D eigenvalue weighted by Crippen LogP contribution is -2.20. The Labute approximate surface area is 112 Å². The van der Waals surface area contributed by atoms with Crippen molar-refractivity contribution in [1.29, 1.82) is 0 Å². The van der Waals surface area contributed by atoms with E-state index in [2.05, 4.69) is 4.72 Å². The van der Waals surface area contributed by atoms with Gasteiger partial charge in [-0.05, 0) is 31.2 Å². The zero-order chi connectivity index (χ0) is 14.5. The molecule has 0 aromatic heterocycles. The van der Waals surface area contributed by atoms with Gasteiger partial charge in [-0.15, -0.1) is 0 Å². The van der Waals surface area contributed by atoms with E-state index in [1.54, 1.807) is 6.92 Å². The molecule has 108 valence electrons. The number of hydrogen-bond donors (Lipinski definition) is 2. The van der Waals surface area contributed by atoms with Gasteiger partial charge in [-0.2, -0.15) is 0 Å². The molecular formula is C10H16N2O5S2. The molecule has 0 unspecified atom stereocenters. The van der Waals surface area contributed by atoms with Gasteiger partial charge in [0.25, 0.3) is 0 Å². The topological polar surface area (TPSA) is 116 Å². The zero-order valence-corrected chi connectivity index (χ0v) is 12.0. The van der Waals surface area contributed by atoms with Crippen LogP contribution in [0.15, 0.2) is 29.2 Å². The average Bonchev–Trinajstić information content (AvgIpc) is 2.28. The van der Waals surface area contributed by atoms with Gasteiger partial charge in [-0.1, -0.05) is 0 Å². The van der Waals surface area contributed by atoms with Crippen LogP contribution in [0.3, 0.4) is 0 Å². The summed E-state index contributed by atoms with van der Waals surface area (Å²) in [5.74, 6) is -0.169. The normalized spacial score (nSPS) is 12.3. The van der Waals surface area contributed by atoms with Gasteiger partial charge in [-0.3, -0.25) is 4.72 Å². The number of nitrogens with one attached hydrogen (secondary N) is 1. The molecule has 1 aromatic rings. The molecule has 0 aliphatic rings. The highest BCUT2D eigenvalue weighted by Gasteiger charge is 2.11. The van der Waals surface area contributed by atoms with Crippen molar-refractivity contribution in [1.82, 2.24) is 0 Å². The van der Waals surface area contributed by atoms with Crippen molar-refractivity contribution in [2.75, 3.05) is 23.7 Å². The maximum atomic E-state index is 11.6. The largest absolute Gasteiger partial charge is 0.381 e. The number of nitrogens with two attached hydrogens (primary N) is 1. The summed E-state index contributed by atoms with van der Waals surface area (Å²) in [6.45, 7) is 2.31. The van der Waals surface area contributed by atoms with E-state index in [-0.39, 0.29) is 22.9 Å². The first-order chi connectivity index (χ1) is 8.74. The van der Waals surface area contributed by atoms with E-state index < -0.39 is 20.0 Å². The predicted octanol–water partition coefficient (Wildman–Crippen LogP) is 0.112. The van der Waals surface area contributed by atoms with Crippen LogP contribution in [-0.4, -0.2) is 35.8 Å². The van der Waals surface area contributed by atoms with Crippen molar-refractivity contribution in [3.8, 4) is 0 Å². The summed E-state index contributed by atoms with van der Waals surface area (Å²) in [7, 11) is -7.29. The zero-order valence-electron chi connectivity index (χ0n) is 10.4. The second-order valence-corrected chi connectivity index (χ2v) is 7.09. The fourth-order valence-corrected chi connectivity index (χ4v) is 2.71. The minimum Gasteiger partial charge on any atom is -0.381 e. The van der Waals surface area contributed by atoms with Gasteiger partial charge >= 0.3 is 0 Å². The summed E-state index contributed by atoms with van der Waals surface area (Å²) in [5, 5.41) is 4.93. The summed E-state index contributed by atoms with van der Waals surface area (Å²) >= 11 is 0. The van der Waals surface area contributed by atoms with Crippen LogP contribution in [0.2, 0.25) is 0 Å². The summed E-state index contributed by atoms with van der Waals surface area (Å²) in [5.41, 5.74) is 0.267. The first-order valence-electron chi connectivity index (χ1n) is 5.46. The molecule has 0 saturated carbocycles. The number of ether oxygens (including phenoxy) is 1. The minimum atomic E-state index is -3.78. The van der Waals surface area contributed by atoms with Gasteiger partial charge in [0, 0.05) is 12.3 Å². The highest BCUT2D eigenvalue weighted by atomic mass is 32.2. The standard InChI is InChI=1S/C10H16N2O5S2/c1-2-17-7-8-18(13,14)12-9-3-5-10(6-4-9)19(11,15)16/h3-6,12H,2,7-8H2,1H3,(H2,11,15,16). The van der Waals surface area contributed by atoms with Gasteiger partial charge in [0.2, 0.25) is 20.0 Å².